The van der Waals surface area contributed by atoms with Crippen molar-refractivity contribution in [1.82, 2.24) is 10.2 Å². The molecule has 5 nitrogen and oxygen atoms in total. The van der Waals surface area contributed by atoms with Gasteiger partial charge in [0.15, 0.2) is 0 Å². The van der Waals surface area contributed by atoms with E-state index in [1.807, 2.05) is 20.8 Å². The molecule has 2 unspecified atom stereocenters. The van der Waals surface area contributed by atoms with Crippen LogP contribution in [0, 0.1) is 16.7 Å². The number of carboxylic acids is 1. The van der Waals surface area contributed by atoms with Gasteiger partial charge in [0.25, 0.3) is 0 Å². The van der Waals surface area contributed by atoms with Crippen LogP contribution in [0.25, 0.3) is 0 Å². The Labute approximate surface area is 127 Å². The fourth-order valence-corrected chi connectivity index (χ4v) is 3.71. The molecule has 0 aliphatic carbocycles. The summed E-state index contributed by atoms with van der Waals surface area (Å²) in [6, 6.07) is 0. The van der Waals surface area contributed by atoms with Gasteiger partial charge in [-0.15, -0.1) is 0 Å². The molecular formula is C16H28N2O3. The maximum absolute atomic E-state index is 12.9. The van der Waals surface area contributed by atoms with Crippen LogP contribution in [0.1, 0.15) is 46.5 Å². The van der Waals surface area contributed by atoms with Crippen molar-refractivity contribution in [2.24, 2.45) is 16.7 Å². The van der Waals surface area contributed by atoms with Gasteiger partial charge in [0.05, 0.1) is 5.41 Å². The summed E-state index contributed by atoms with van der Waals surface area (Å²) in [7, 11) is 0. The van der Waals surface area contributed by atoms with Gasteiger partial charge in [-0.2, -0.15) is 0 Å². The van der Waals surface area contributed by atoms with Crippen LogP contribution in [-0.4, -0.2) is 48.1 Å². The van der Waals surface area contributed by atoms with E-state index in [1.165, 1.54) is 0 Å². The maximum atomic E-state index is 12.9. The first-order chi connectivity index (χ1) is 9.83. The van der Waals surface area contributed by atoms with Crippen molar-refractivity contribution in [2.75, 3.05) is 26.2 Å². The number of carbonyl (C=O) groups excluding carboxylic acids is 1. The zero-order valence-electron chi connectivity index (χ0n) is 13.4. The Hall–Kier alpha value is -1.10. The zero-order valence-corrected chi connectivity index (χ0v) is 13.4. The Balaban J connectivity index is 2.08. The molecule has 120 valence electrons. The summed E-state index contributed by atoms with van der Waals surface area (Å²) < 4.78 is 0. The molecule has 2 fully saturated rings. The van der Waals surface area contributed by atoms with Crippen molar-refractivity contribution in [3.05, 3.63) is 0 Å². The second-order valence-corrected chi connectivity index (χ2v) is 7.18. The van der Waals surface area contributed by atoms with E-state index >= 15 is 0 Å². The molecule has 0 aromatic rings. The minimum absolute atomic E-state index is 0.118. The predicted octanol–water partition coefficient (Wildman–Crippen LogP) is 1.73. The van der Waals surface area contributed by atoms with E-state index in [4.69, 9.17) is 0 Å². The van der Waals surface area contributed by atoms with Crippen LogP contribution in [0.15, 0.2) is 0 Å². The SMILES string of the molecule is CCC1(C(=O)O)CCN(C(=O)C(C)(C)C2CCCNC2)C1. The highest BCUT2D eigenvalue weighted by molar-refractivity contribution is 5.84. The van der Waals surface area contributed by atoms with Crippen molar-refractivity contribution >= 4 is 11.9 Å². The number of likely N-dealkylation sites (tertiary alicyclic amines) is 1. The summed E-state index contributed by atoms with van der Waals surface area (Å²) in [6.07, 6.45) is 3.33. The van der Waals surface area contributed by atoms with Gasteiger partial charge in [-0.3, -0.25) is 9.59 Å². The second-order valence-electron chi connectivity index (χ2n) is 7.18. The number of amides is 1. The van der Waals surface area contributed by atoms with Crippen LogP contribution in [0.5, 0.6) is 0 Å². The van der Waals surface area contributed by atoms with E-state index in [-0.39, 0.29) is 5.91 Å². The number of nitrogens with zero attached hydrogens (tertiary/aromatic N) is 1. The molecule has 0 bridgehead atoms. The number of nitrogens with one attached hydrogen (secondary N) is 1. The van der Waals surface area contributed by atoms with Crippen molar-refractivity contribution in [2.45, 2.75) is 46.5 Å². The highest BCUT2D eigenvalue weighted by Crippen LogP contribution is 2.39. The molecule has 2 N–H and O–H groups in total. The summed E-state index contributed by atoms with van der Waals surface area (Å²) in [6.45, 7) is 8.77. The average Bonchev–Trinajstić information content (AvgIpc) is 2.93. The summed E-state index contributed by atoms with van der Waals surface area (Å²) >= 11 is 0. The Morgan fingerprint density at radius 1 is 1.43 bits per heavy atom. The van der Waals surface area contributed by atoms with Crippen molar-refractivity contribution in [1.29, 1.82) is 0 Å². The quantitative estimate of drug-likeness (QED) is 0.829. The van der Waals surface area contributed by atoms with Crippen LogP contribution < -0.4 is 5.32 Å². The fourth-order valence-electron chi connectivity index (χ4n) is 3.71. The number of carboxylic acid groups (broad SMARTS) is 1. The van der Waals surface area contributed by atoms with Crippen LogP contribution in [0.2, 0.25) is 0 Å². The first-order valence-corrected chi connectivity index (χ1v) is 8.07. The third-order valence-electron chi connectivity index (χ3n) is 5.64. The minimum Gasteiger partial charge on any atom is -0.481 e. The Bertz CT molecular complexity index is 416. The lowest BCUT2D eigenvalue weighted by atomic mass is 9.74. The average molecular weight is 296 g/mol. The molecule has 2 aliphatic rings. The smallest absolute Gasteiger partial charge is 0.311 e. The molecule has 2 atom stereocenters. The number of hydrogen-bond donors (Lipinski definition) is 2. The standard InChI is InChI=1S/C16H28N2O3/c1-4-16(14(20)21)7-9-18(11-16)13(19)15(2,3)12-6-5-8-17-10-12/h12,17H,4-11H2,1-3H3,(H,20,21). The molecule has 0 saturated carbocycles. The lowest BCUT2D eigenvalue weighted by molar-refractivity contribution is -0.150. The first-order valence-electron chi connectivity index (χ1n) is 8.07. The summed E-state index contributed by atoms with van der Waals surface area (Å²) in [4.78, 5) is 26.2. The number of piperidine rings is 1. The maximum Gasteiger partial charge on any atom is 0.311 e. The molecule has 0 radical (unpaired) electrons. The first kappa shape index (κ1) is 16.3. The van der Waals surface area contributed by atoms with Crippen LogP contribution in [0.3, 0.4) is 0 Å². The Morgan fingerprint density at radius 2 is 2.14 bits per heavy atom. The molecule has 0 aromatic heterocycles. The largest absolute Gasteiger partial charge is 0.481 e. The van der Waals surface area contributed by atoms with Crippen LogP contribution in [0.4, 0.5) is 0 Å². The lowest BCUT2D eigenvalue weighted by Crippen LogP contribution is -2.49. The molecule has 1 amide bonds. The lowest BCUT2D eigenvalue weighted by Gasteiger charge is -2.38. The van der Waals surface area contributed by atoms with Crippen LogP contribution in [-0.2, 0) is 9.59 Å². The van der Waals surface area contributed by atoms with E-state index in [9.17, 15) is 14.7 Å². The molecule has 21 heavy (non-hydrogen) atoms. The molecule has 5 heteroatoms. The van der Waals surface area contributed by atoms with Crippen molar-refractivity contribution in [3.8, 4) is 0 Å². The van der Waals surface area contributed by atoms with E-state index in [1.54, 1.807) is 4.90 Å². The van der Waals surface area contributed by atoms with Gasteiger partial charge in [-0.25, -0.2) is 0 Å². The number of carbonyl (C=O) groups is 2. The molecule has 2 aliphatic heterocycles. The fraction of sp³-hybridized carbons (Fsp3) is 0.875. The number of rotatable bonds is 4. The van der Waals surface area contributed by atoms with Gasteiger partial charge in [-0.1, -0.05) is 20.8 Å². The van der Waals surface area contributed by atoms with Crippen molar-refractivity contribution < 1.29 is 14.7 Å². The van der Waals surface area contributed by atoms with Gasteiger partial charge in [-0.05, 0) is 44.7 Å². The number of aliphatic carboxylic acids is 1. The molecule has 2 saturated heterocycles. The molecule has 2 rings (SSSR count). The topological polar surface area (TPSA) is 69.6 Å². The molecule has 0 aromatic carbocycles. The van der Waals surface area contributed by atoms with Gasteiger partial charge in [0.2, 0.25) is 5.91 Å². The van der Waals surface area contributed by atoms with Gasteiger partial charge >= 0.3 is 5.97 Å². The van der Waals surface area contributed by atoms with Crippen molar-refractivity contribution in [3.63, 3.8) is 0 Å². The molecular weight excluding hydrogens is 268 g/mol. The van der Waals surface area contributed by atoms with Gasteiger partial charge in [0.1, 0.15) is 0 Å². The molecule has 2 heterocycles. The third kappa shape index (κ3) is 2.93. The highest BCUT2D eigenvalue weighted by atomic mass is 16.4. The van der Waals surface area contributed by atoms with Crippen LogP contribution >= 0.6 is 0 Å². The monoisotopic (exact) mass is 296 g/mol. The van der Waals surface area contributed by atoms with E-state index in [2.05, 4.69) is 5.32 Å². The van der Waals surface area contributed by atoms with E-state index in [0.29, 0.717) is 31.8 Å². The highest BCUT2D eigenvalue weighted by Gasteiger charge is 2.48. The summed E-state index contributed by atoms with van der Waals surface area (Å²) in [5.41, 5.74) is -1.16. The number of hydrogen-bond acceptors (Lipinski definition) is 3. The van der Waals surface area contributed by atoms with Gasteiger partial charge < -0.3 is 15.3 Å². The summed E-state index contributed by atoms with van der Waals surface area (Å²) in [5, 5.41) is 12.8. The predicted molar refractivity (Wildman–Crippen MR) is 80.9 cm³/mol. The third-order valence-corrected chi connectivity index (χ3v) is 5.64. The molecule has 0 spiro atoms. The minimum atomic E-state index is -0.766. The zero-order chi connectivity index (χ0) is 15.7. The van der Waals surface area contributed by atoms with Gasteiger partial charge in [0, 0.05) is 18.5 Å². The Morgan fingerprint density at radius 3 is 2.62 bits per heavy atom. The normalized spacial score (nSPS) is 30.4. The van der Waals surface area contributed by atoms with E-state index in [0.717, 1.165) is 25.9 Å². The summed E-state index contributed by atoms with van der Waals surface area (Å²) in [5.74, 6) is -0.314. The Kier molecular flexibility index (Phi) is 4.61. The van der Waals surface area contributed by atoms with E-state index < -0.39 is 16.8 Å². The second kappa shape index (κ2) is 5.95.